The zero-order valence-corrected chi connectivity index (χ0v) is 17.5. The average molecular weight is 439 g/mol. The van der Waals surface area contributed by atoms with Gasteiger partial charge >= 0.3 is 5.97 Å². The molecule has 1 aromatic heterocycles. The lowest BCUT2D eigenvalue weighted by atomic mass is 10.0. The number of carboxylic acid groups (broad SMARTS) is 1. The van der Waals surface area contributed by atoms with Gasteiger partial charge in [-0.25, -0.2) is 4.98 Å². The van der Waals surface area contributed by atoms with Gasteiger partial charge in [-0.2, -0.15) is 0 Å². The van der Waals surface area contributed by atoms with Gasteiger partial charge in [0.1, 0.15) is 18.1 Å². The molecule has 0 aliphatic rings. The molecule has 1 aromatic rings. The summed E-state index contributed by atoms with van der Waals surface area (Å²) < 4.78 is 0. The summed E-state index contributed by atoms with van der Waals surface area (Å²) in [5.74, 6) is -4.64. The van der Waals surface area contributed by atoms with Gasteiger partial charge in [-0.1, -0.05) is 13.8 Å². The number of nitrogens with zero attached hydrogens (tertiary/aromatic N) is 1. The molecule has 13 nitrogen and oxygen atoms in total. The van der Waals surface area contributed by atoms with Gasteiger partial charge in [0.25, 0.3) is 0 Å². The van der Waals surface area contributed by atoms with Crippen molar-refractivity contribution in [3.8, 4) is 0 Å². The van der Waals surface area contributed by atoms with Crippen LogP contribution in [0.2, 0.25) is 0 Å². The van der Waals surface area contributed by atoms with Gasteiger partial charge in [-0.05, 0) is 12.8 Å². The summed E-state index contributed by atoms with van der Waals surface area (Å²) in [7, 11) is 0. The van der Waals surface area contributed by atoms with E-state index in [2.05, 4.69) is 25.9 Å². The molecule has 0 bridgehead atoms. The molecule has 4 unspecified atom stereocenters. The molecule has 0 fully saturated rings. The Bertz CT molecular complexity index is 795. The zero-order chi connectivity index (χ0) is 23.7. The number of H-pyrrole nitrogens is 1. The van der Waals surface area contributed by atoms with E-state index in [9.17, 15) is 24.0 Å². The Balaban J connectivity index is 3.01. The minimum atomic E-state index is -1.37. The van der Waals surface area contributed by atoms with Gasteiger partial charge in [0.2, 0.25) is 23.6 Å². The molecule has 13 heteroatoms. The third-order valence-corrected chi connectivity index (χ3v) is 4.40. The van der Waals surface area contributed by atoms with E-state index in [0.717, 1.165) is 0 Å². The number of aliphatic carboxylic acids is 1. The van der Waals surface area contributed by atoms with Gasteiger partial charge in [-0.3, -0.25) is 24.0 Å². The van der Waals surface area contributed by atoms with E-state index in [1.54, 1.807) is 13.8 Å². The Hall–Kier alpha value is -3.48. The molecule has 0 saturated carbocycles. The van der Waals surface area contributed by atoms with Crippen LogP contribution in [0.1, 0.15) is 32.9 Å². The third-order valence-electron chi connectivity index (χ3n) is 4.40. The SMILES string of the molecule is CC(NC(=O)C(Cc1cnc[nH]1)NC(=O)C(CC(N)=O)NC(=O)C(N)C(C)C)C(=O)O. The highest BCUT2D eigenvalue weighted by Crippen LogP contribution is 2.04. The molecule has 9 N–H and O–H groups in total. The molecule has 0 aromatic carbocycles. The molecule has 0 aliphatic heterocycles. The maximum Gasteiger partial charge on any atom is 0.325 e. The van der Waals surface area contributed by atoms with Crippen LogP contribution in [0, 0.1) is 5.92 Å². The fourth-order valence-electron chi connectivity index (χ4n) is 2.45. The van der Waals surface area contributed by atoms with Crippen LogP contribution in [-0.2, 0) is 30.4 Å². The number of hydrogen-bond acceptors (Lipinski definition) is 7. The Morgan fingerprint density at radius 3 is 2.10 bits per heavy atom. The second kappa shape index (κ2) is 11.6. The number of rotatable bonds is 12. The van der Waals surface area contributed by atoms with E-state index >= 15 is 0 Å². The minimum absolute atomic E-state index is 0.0490. The monoisotopic (exact) mass is 439 g/mol. The first-order valence-electron chi connectivity index (χ1n) is 9.57. The lowest BCUT2D eigenvalue weighted by Gasteiger charge is -2.24. The second-order valence-corrected chi connectivity index (χ2v) is 7.41. The molecule has 0 saturated heterocycles. The van der Waals surface area contributed by atoms with Crippen molar-refractivity contribution >= 4 is 29.6 Å². The first-order chi connectivity index (χ1) is 14.4. The molecule has 0 radical (unpaired) electrons. The van der Waals surface area contributed by atoms with Gasteiger partial charge in [0.15, 0.2) is 0 Å². The lowest BCUT2D eigenvalue weighted by Crippen LogP contribution is -2.58. The Labute approximate surface area is 178 Å². The number of carboxylic acids is 1. The standard InChI is InChI=1S/C18H29N7O6/c1-8(2)14(20)17(29)25-12(5-13(19)26)16(28)24-11(4-10-6-21-7-22-10)15(27)23-9(3)18(30)31/h6-9,11-12,14H,4-5,20H2,1-3H3,(H2,19,26)(H,21,22)(H,23,27)(H,24,28)(H,25,29)(H,30,31). The van der Waals surface area contributed by atoms with E-state index in [4.69, 9.17) is 16.6 Å². The van der Waals surface area contributed by atoms with Crippen LogP contribution >= 0.6 is 0 Å². The topological polar surface area (TPSA) is 222 Å². The molecular weight excluding hydrogens is 410 g/mol. The third kappa shape index (κ3) is 8.42. The Morgan fingerprint density at radius 1 is 1.03 bits per heavy atom. The summed E-state index contributed by atoms with van der Waals surface area (Å²) in [6.07, 6.45) is 2.23. The second-order valence-electron chi connectivity index (χ2n) is 7.41. The molecule has 1 rings (SSSR count). The molecule has 4 amide bonds. The molecule has 1 heterocycles. The smallest absolute Gasteiger partial charge is 0.325 e. The molecule has 172 valence electrons. The number of carbonyl (C=O) groups is 5. The number of aromatic nitrogens is 2. The van der Waals surface area contributed by atoms with Crippen molar-refractivity contribution in [1.29, 1.82) is 0 Å². The van der Waals surface area contributed by atoms with Crippen LogP contribution in [0.15, 0.2) is 12.5 Å². The summed E-state index contributed by atoms with van der Waals surface area (Å²) in [6.45, 7) is 4.68. The Morgan fingerprint density at radius 2 is 1.61 bits per heavy atom. The predicted molar refractivity (Wildman–Crippen MR) is 108 cm³/mol. The highest BCUT2D eigenvalue weighted by Gasteiger charge is 2.31. The summed E-state index contributed by atoms with van der Waals surface area (Å²) in [4.78, 5) is 66.6. The number of hydrogen-bond donors (Lipinski definition) is 7. The van der Waals surface area contributed by atoms with Crippen LogP contribution < -0.4 is 27.4 Å². The number of carbonyl (C=O) groups excluding carboxylic acids is 4. The lowest BCUT2D eigenvalue weighted by molar-refractivity contribution is -0.142. The fourth-order valence-corrected chi connectivity index (χ4v) is 2.45. The quantitative estimate of drug-likeness (QED) is 0.182. The van der Waals surface area contributed by atoms with Crippen molar-refractivity contribution in [2.24, 2.45) is 17.4 Å². The van der Waals surface area contributed by atoms with Gasteiger partial charge in [0, 0.05) is 18.3 Å². The zero-order valence-electron chi connectivity index (χ0n) is 17.5. The van der Waals surface area contributed by atoms with Crippen LogP contribution in [0.4, 0.5) is 0 Å². The van der Waals surface area contributed by atoms with Crippen molar-refractivity contribution in [3.05, 3.63) is 18.2 Å². The van der Waals surface area contributed by atoms with E-state index < -0.39 is 60.2 Å². The number of nitrogens with one attached hydrogen (secondary N) is 4. The summed E-state index contributed by atoms with van der Waals surface area (Å²) >= 11 is 0. The number of imidazole rings is 1. The Kier molecular flexibility index (Phi) is 9.60. The van der Waals surface area contributed by atoms with E-state index in [1.165, 1.54) is 19.4 Å². The van der Waals surface area contributed by atoms with E-state index in [1.807, 2.05) is 0 Å². The number of aromatic amines is 1. The number of primary amides is 1. The van der Waals surface area contributed by atoms with Crippen molar-refractivity contribution in [2.45, 2.75) is 57.8 Å². The van der Waals surface area contributed by atoms with Crippen molar-refractivity contribution in [1.82, 2.24) is 25.9 Å². The largest absolute Gasteiger partial charge is 0.480 e. The number of nitrogens with two attached hydrogens (primary N) is 2. The summed E-state index contributed by atoms with van der Waals surface area (Å²) in [5.41, 5.74) is 11.4. The molecule has 0 aliphatic carbocycles. The first kappa shape index (κ1) is 25.6. The van der Waals surface area contributed by atoms with Crippen molar-refractivity contribution in [3.63, 3.8) is 0 Å². The first-order valence-corrected chi connectivity index (χ1v) is 9.57. The minimum Gasteiger partial charge on any atom is -0.480 e. The number of amides is 4. The predicted octanol–water partition coefficient (Wildman–Crippen LogP) is -2.63. The van der Waals surface area contributed by atoms with Crippen molar-refractivity contribution in [2.75, 3.05) is 0 Å². The molecule has 4 atom stereocenters. The van der Waals surface area contributed by atoms with Crippen LogP contribution in [-0.4, -0.2) is 68.8 Å². The average Bonchev–Trinajstić information content (AvgIpc) is 3.18. The fraction of sp³-hybridized carbons (Fsp3) is 0.556. The van der Waals surface area contributed by atoms with Crippen molar-refractivity contribution < 1.29 is 29.1 Å². The normalized spacial score (nSPS) is 14.7. The highest BCUT2D eigenvalue weighted by atomic mass is 16.4. The van der Waals surface area contributed by atoms with Crippen LogP contribution in [0.3, 0.4) is 0 Å². The maximum absolute atomic E-state index is 12.8. The van der Waals surface area contributed by atoms with Crippen LogP contribution in [0.5, 0.6) is 0 Å². The van der Waals surface area contributed by atoms with Crippen LogP contribution in [0.25, 0.3) is 0 Å². The molecular formula is C18H29N7O6. The van der Waals surface area contributed by atoms with Gasteiger partial charge < -0.3 is 37.5 Å². The highest BCUT2D eigenvalue weighted by molar-refractivity contribution is 5.96. The van der Waals surface area contributed by atoms with E-state index in [-0.39, 0.29) is 12.3 Å². The summed E-state index contributed by atoms with van der Waals surface area (Å²) in [5, 5.41) is 16.1. The molecule has 0 spiro atoms. The van der Waals surface area contributed by atoms with Gasteiger partial charge in [0.05, 0.1) is 18.8 Å². The van der Waals surface area contributed by atoms with E-state index in [0.29, 0.717) is 5.69 Å². The van der Waals surface area contributed by atoms with Gasteiger partial charge in [-0.15, -0.1) is 0 Å². The maximum atomic E-state index is 12.8. The molecule has 31 heavy (non-hydrogen) atoms. The summed E-state index contributed by atoms with van der Waals surface area (Å²) in [6, 6.07) is -4.73.